The molecule has 1 heterocycles. The molecule has 0 aliphatic rings. The lowest BCUT2D eigenvalue weighted by Gasteiger charge is -2.21. The maximum Gasteiger partial charge on any atom is 0.326 e. The van der Waals surface area contributed by atoms with Crippen LogP contribution in [0.4, 0.5) is 11.4 Å². The second kappa shape index (κ2) is 18.4. The van der Waals surface area contributed by atoms with Crippen molar-refractivity contribution in [1.29, 1.82) is 0 Å². The number of imidazole rings is 1. The smallest absolute Gasteiger partial charge is 0.326 e. The fraction of sp³-hybridized carbons (Fsp3) is 0.286. The zero-order chi connectivity index (χ0) is 38.5. The molecule has 0 radical (unpaired) electrons. The molecule has 3 aromatic carbocycles. The molecule has 0 fully saturated rings. The zero-order valence-electron chi connectivity index (χ0n) is 28.9. The molecule has 4 aromatic rings. The Balaban J connectivity index is 1.31. The Morgan fingerprint density at radius 1 is 0.981 bits per heavy atom. The van der Waals surface area contributed by atoms with E-state index < -0.39 is 57.3 Å². The topological polar surface area (TPSA) is 246 Å². The van der Waals surface area contributed by atoms with Crippen LogP contribution >= 0.6 is 0 Å². The molecule has 6 N–H and O–H groups in total. The SMILES string of the molecule is CN(C)c1cccc2c(S(=O)(=O)NCC(=O)N[C@@H](Cc3cnc[nH]3)C(=O)N[C@@H](CCCCNC(=O)/C=C/c3ccc([N+](=O)[O-])cc3)C(=O)O)cccc12. The minimum Gasteiger partial charge on any atom is -0.480 e. The van der Waals surface area contributed by atoms with Crippen LogP contribution in [0.1, 0.15) is 30.5 Å². The number of nitrogens with one attached hydrogen (secondary N) is 5. The fourth-order valence-corrected chi connectivity index (χ4v) is 6.55. The number of non-ortho nitro benzene ring substituents is 1. The van der Waals surface area contributed by atoms with Gasteiger partial charge in [0.1, 0.15) is 12.1 Å². The molecule has 2 atom stereocenters. The number of anilines is 1. The van der Waals surface area contributed by atoms with E-state index in [4.69, 9.17) is 0 Å². The van der Waals surface area contributed by atoms with E-state index in [0.29, 0.717) is 34.9 Å². The number of benzene rings is 3. The standard InChI is InChI=1S/C35H40N8O9S/c1-42(2)30-10-5-8-27-26(30)7-6-11-31(27)53(51,52)39-21-33(45)40-29(19-24-20-36-22-38-24)34(46)41-28(35(47)48)9-3-4-18-37-32(44)17-14-23-12-15-25(16-13-23)43(49)50/h5-8,10-17,20,22,28-29,39H,3-4,9,18-19,21H2,1-2H3,(H,36,38)(H,37,44)(H,40,45)(H,41,46)(H,47,48)/b17-14+/t28-,29-/m0/s1. The molecule has 53 heavy (non-hydrogen) atoms. The van der Waals surface area contributed by atoms with Crippen LogP contribution in [0.15, 0.2) is 84.2 Å². The van der Waals surface area contributed by atoms with Gasteiger partial charge in [-0.25, -0.2) is 22.9 Å². The van der Waals surface area contributed by atoms with Crippen molar-refractivity contribution in [1.82, 2.24) is 30.6 Å². The highest BCUT2D eigenvalue weighted by molar-refractivity contribution is 7.89. The van der Waals surface area contributed by atoms with Gasteiger partial charge >= 0.3 is 5.97 Å². The number of carbonyl (C=O) groups excluding carboxylic acids is 3. The number of aromatic amines is 1. The summed E-state index contributed by atoms with van der Waals surface area (Å²) in [5, 5.41) is 29.3. The highest BCUT2D eigenvalue weighted by atomic mass is 32.2. The van der Waals surface area contributed by atoms with Crippen LogP contribution in [-0.2, 0) is 35.6 Å². The number of carboxylic acid groups (broad SMARTS) is 1. The normalized spacial score (nSPS) is 12.6. The maximum absolute atomic E-state index is 13.3. The molecule has 4 rings (SSSR count). The predicted molar refractivity (Wildman–Crippen MR) is 196 cm³/mol. The number of H-pyrrole nitrogens is 1. The third kappa shape index (κ3) is 11.4. The fourth-order valence-electron chi connectivity index (χ4n) is 5.35. The molecule has 1 aromatic heterocycles. The van der Waals surface area contributed by atoms with Crippen LogP contribution in [-0.4, -0.2) is 91.4 Å². The highest BCUT2D eigenvalue weighted by Crippen LogP contribution is 2.30. The lowest BCUT2D eigenvalue weighted by atomic mass is 10.1. The number of nitrogens with zero attached hydrogens (tertiary/aromatic N) is 3. The highest BCUT2D eigenvalue weighted by Gasteiger charge is 2.28. The van der Waals surface area contributed by atoms with E-state index in [0.717, 1.165) is 5.69 Å². The molecule has 0 aliphatic carbocycles. The monoisotopic (exact) mass is 748 g/mol. The van der Waals surface area contributed by atoms with E-state index in [1.165, 1.54) is 55.0 Å². The first-order valence-electron chi connectivity index (χ1n) is 16.4. The number of aliphatic carboxylic acids is 1. The van der Waals surface area contributed by atoms with Gasteiger partial charge in [-0.2, -0.15) is 0 Å². The summed E-state index contributed by atoms with van der Waals surface area (Å²) in [5.74, 6) is -3.35. The average Bonchev–Trinajstić information content (AvgIpc) is 3.65. The Morgan fingerprint density at radius 3 is 2.36 bits per heavy atom. The van der Waals surface area contributed by atoms with Crippen molar-refractivity contribution in [3.05, 3.63) is 101 Å². The molecule has 0 unspecified atom stereocenters. The van der Waals surface area contributed by atoms with Gasteiger partial charge in [0, 0.05) is 73.6 Å². The number of hydrogen-bond acceptors (Lipinski definition) is 10. The molecular weight excluding hydrogens is 708 g/mol. The summed E-state index contributed by atoms with van der Waals surface area (Å²) >= 11 is 0. The van der Waals surface area contributed by atoms with Crippen molar-refractivity contribution < 1.29 is 37.6 Å². The van der Waals surface area contributed by atoms with E-state index in [9.17, 15) is 42.8 Å². The zero-order valence-corrected chi connectivity index (χ0v) is 29.8. The van der Waals surface area contributed by atoms with Crippen LogP contribution in [0.25, 0.3) is 16.8 Å². The van der Waals surface area contributed by atoms with Crippen LogP contribution in [0, 0.1) is 10.1 Å². The van der Waals surface area contributed by atoms with Gasteiger partial charge in [-0.05, 0) is 55.2 Å². The summed E-state index contributed by atoms with van der Waals surface area (Å²) in [6.45, 7) is -0.482. The Hall–Kier alpha value is -6.14. The van der Waals surface area contributed by atoms with E-state index >= 15 is 0 Å². The first-order valence-corrected chi connectivity index (χ1v) is 17.9. The Bertz CT molecular complexity index is 2070. The Morgan fingerprint density at radius 2 is 1.70 bits per heavy atom. The summed E-state index contributed by atoms with van der Waals surface area (Å²) in [7, 11) is -0.500. The van der Waals surface area contributed by atoms with Crippen LogP contribution in [0.2, 0.25) is 0 Å². The molecule has 0 spiro atoms. The van der Waals surface area contributed by atoms with Crippen molar-refractivity contribution in [2.45, 2.75) is 42.7 Å². The number of aromatic nitrogens is 2. The van der Waals surface area contributed by atoms with Crippen molar-refractivity contribution >= 4 is 61.9 Å². The minimum absolute atomic E-state index is 0.0146. The summed E-state index contributed by atoms with van der Waals surface area (Å²) in [6.07, 6.45) is 6.19. The second-order valence-corrected chi connectivity index (χ2v) is 13.9. The number of nitro benzene ring substituents is 1. The number of carbonyl (C=O) groups is 4. The van der Waals surface area contributed by atoms with Crippen LogP contribution in [0.3, 0.4) is 0 Å². The number of nitro groups is 1. The number of rotatable bonds is 19. The van der Waals surface area contributed by atoms with Crippen molar-refractivity contribution in [2.75, 3.05) is 32.1 Å². The molecule has 0 bridgehead atoms. The van der Waals surface area contributed by atoms with E-state index in [1.54, 1.807) is 24.3 Å². The van der Waals surface area contributed by atoms with Gasteiger partial charge in [0.25, 0.3) is 5.69 Å². The lowest BCUT2D eigenvalue weighted by molar-refractivity contribution is -0.384. The van der Waals surface area contributed by atoms with E-state index in [2.05, 4.69) is 30.6 Å². The quantitative estimate of drug-likeness (QED) is 0.0351. The van der Waals surface area contributed by atoms with Crippen LogP contribution < -0.4 is 25.6 Å². The van der Waals surface area contributed by atoms with Gasteiger partial charge in [0.05, 0.1) is 22.7 Å². The number of amides is 3. The van der Waals surface area contributed by atoms with E-state index in [1.807, 2.05) is 25.1 Å². The van der Waals surface area contributed by atoms with Gasteiger partial charge in [-0.15, -0.1) is 0 Å². The second-order valence-electron chi connectivity index (χ2n) is 12.1. The summed E-state index contributed by atoms with van der Waals surface area (Å²) < 4.78 is 28.9. The number of carboxylic acids is 1. The summed E-state index contributed by atoms with van der Waals surface area (Å²) in [4.78, 5) is 69.4. The molecule has 17 nitrogen and oxygen atoms in total. The number of fused-ring (bicyclic) bond motifs is 1. The molecule has 0 saturated heterocycles. The van der Waals surface area contributed by atoms with Gasteiger partial charge < -0.3 is 30.9 Å². The third-order valence-corrected chi connectivity index (χ3v) is 9.51. The third-order valence-electron chi connectivity index (χ3n) is 8.05. The predicted octanol–water partition coefficient (Wildman–Crippen LogP) is 2.11. The average molecular weight is 749 g/mol. The molecule has 3 amide bonds. The van der Waals surface area contributed by atoms with Gasteiger partial charge in [0.2, 0.25) is 27.7 Å². The Kier molecular flexibility index (Phi) is 13.7. The molecule has 280 valence electrons. The molecule has 18 heteroatoms. The van der Waals surface area contributed by atoms with Gasteiger partial charge in [-0.1, -0.05) is 24.3 Å². The molecule has 0 saturated carbocycles. The first kappa shape index (κ1) is 39.6. The number of hydrogen-bond donors (Lipinski definition) is 6. The van der Waals surface area contributed by atoms with Crippen molar-refractivity contribution in [3.8, 4) is 0 Å². The maximum atomic E-state index is 13.3. The lowest BCUT2D eigenvalue weighted by Crippen LogP contribution is -2.54. The van der Waals surface area contributed by atoms with Crippen molar-refractivity contribution in [3.63, 3.8) is 0 Å². The van der Waals surface area contributed by atoms with Gasteiger partial charge in [0.15, 0.2) is 0 Å². The largest absolute Gasteiger partial charge is 0.480 e. The van der Waals surface area contributed by atoms with Gasteiger partial charge in [-0.3, -0.25) is 24.5 Å². The summed E-state index contributed by atoms with van der Waals surface area (Å²) in [6, 6.07) is 13.1. The number of unbranched alkanes of at least 4 members (excludes halogenated alkanes) is 1. The van der Waals surface area contributed by atoms with Crippen molar-refractivity contribution in [2.24, 2.45) is 0 Å². The minimum atomic E-state index is -4.18. The van der Waals surface area contributed by atoms with E-state index in [-0.39, 0.29) is 30.0 Å². The van der Waals surface area contributed by atoms with Crippen LogP contribution in [0.5, 0.6) is 0 Å². The number of sulfonamides is 1. The molecular formula is C35H40N8O9S. The molecule has 0 aliphatic heterocycles. The summed E-state index contributed by atoms with van der Waals surface area (Å²) in [5.41, 5.74) is 1.79. The first-order chi connectivity index (χ1) is 25.2. The Labute approximate surface area is 305 Å².